The highest BCUT2D eigenvalue weighted by atomic mass is 32.1. The number of carbonyl (C=O) groups excluding carboxylic acids is 2. The summed E-state index contributed by atoms with van der Waals surface area (Å²) in [6, 6.07) is 10.7. The molecule has 1 fully saturated rings. The molecule has 9 heteroatoms. The molecule has 1 aliphatic heterocycles. The van der Waals surface area contributed by atoms with Gasteiger partial charge in [0.2, 0.25) is 5.91 Å². The Labute approximate surface area is 172 Å². The van der Waals surface area contributed by atoms with Crippen molar-refractivity contribution in [1.82, 2.24) is 19.6 Å². The van der Waals surface area contributed by atoms with Crippen LogP contribution in [0.2, 0.25) is 0 Å². The van der Waals surface area contributed by atoms with Crippen LogP contribution < -0.4 is 15.5 Å². The van der Waals surface area contributed by atoms with E-state index in [4.69, 9.17) is 0 Å². The zero-order chi connectivity index (χ0) is 20.2. The van der Waals surface area contributed by atoms with E-state index >= 15 is 0 Å². The highest BCUT2D eigenvalue weighted by Gasteiger charge is 2.25. The number of fused-ring (bicyclic) bond motifs is 1. The number of hydrogen-bond acceptors (Lipinski definition) is 6. The third-order valence-electron chi connectivity index (χ3n) is 4.91. The van der Waals surface area contributed by atoms with Crippen molar-refractivity contribution in [2.45, 2.75) is 13.0 Å². The average molecular weight is 411 g/mol. The minimum absolute atomic E-state index is 0.231. The molecule has 0 radical (unpaired) electrons. The van der Waals surface area contributed by atoms with Gasteiger partial charge in [-0.25, -0.2) is 4.79 Å². The van der Waals surface area contributed by atoms with Crippen molar-refractivity contribution in [2.75, 3.05) is 36.4 Å². The van der Waals surface area contributed by atoms with Crippen LogP contribution >= 0.6 is 11.5 Å². The Bertz CT molecular complexity index is 1000. The molecule has 3 heterocycles. The van der Waals surface area contributed by atoms with Gasteiger partial charge in [-0.3, -0.25) is 9.78 Å². The van der Waals surface area contributed by atoms with Gasteiger partial charge in [0.15, 0.2) is 0 Å². The first-order valence-corrected chi connectivity index (χ1v) is 10.2. The van der Waals surface area contributed by atoms with E-state index in [1.54, 1.807) is 36.4 Å². The molecule has 1 aliphatic rings. The van der Waals surface area contributed by atoms with Crippen molar-refractivity contribution in [3.05, 3.63) is 48.8 Å². The first-order chi connectivity index (χ1) is 14.1. The largest absolute Gasteiger partial charge is 0.352 e. The maximum Gasteiger partial charge on any atom is 0.318 e. The van der Waals surface area contributed by atoms with Crippen LogP contribution in [-0.4, -0.2) is 58.4 Å². The molecule has 0 spiro atoms. The summed E-state index contributed by atoms with van der Waals surface area (Å²) < 4.78 is 5.76. The number of urea groups is 1. The van der Waals surface area contributed by atoms with Gasteiger partial charge in [0.05, 0.1) is 4.70 Å². The molecule has 2 N–H and O–H groups in total. The monoisotopic (exact) mass is 410 g/mol. The minimum atomic E-state index is -0.642. The van der Waals surface area contributed by atoms with Crippen molar-refractivity contribution in [2.24, 2.45) is 0 Å². The van der Waals surface area contributed by atoms with Crippen LogP contribution in [0.3, 0.4) is 0 Å². The molecule has 150 valence electrons. The maximum absolute atomic E-state index is 12.6. The zero-order valence-electron chi connectivity index (χ0n) is 16.0. The van der Waals surface area contributed by atoms with Crippen LogP contribution in [0.15, 0.2) is 48.8 Å². The predicted octanol–water partition coefficient (Wildman–Crippen LogP) is 2.55. The van der Waals surface area contributed by atoms with Gasteiger partial charge in [0, 0.05) is 49.6 Å². The third kappa shape index (κ3) is 4.29. The van der Waals surface area contributed by atoms with E-state index in [2.05, 4.69) is 37.0 Å². The maximum atomic E-state index is 12.6. The van der Waals surface area contributed by atoms with Crippen LogP contribution in [0, 0.1) is 0 Å². The fourth-order valence-corrected chi connectivity index (χ4v) is 4.05. The third-order valence-corrected chi connectivity index (χ3v) is 5.72. The summed E-state index contributed by atoms with van der Waals surface area (Å²) in [5.41, 5.74) is 0.648. The normalized spacial score (nSPS) is 15.2. The standard InChI is InChI=1S/C20H22N6O2S/c1-14(19(27)23-15-6-8-21-9-7-15)22-20(28)26-12-10-25(11-13-26)18-16-4-2-3-5-17(16)29-24-18/h2-9,14H,10-13H2,1H3,(H,22,28)(H,21,23,27)/t14-/m0/s1. The fourth-order valence-electron chi connectivity index (χ4n) is 3.25. The SMILES string of the molecule is C[C@H](NC(=O)N1CCN(c2nsc3ccccc23)CC1)C(=O)Nc1ccncc1. The lowest BCUT2D eigenvalue weighted by Crippen LogP contribution is -2.54. The Balaban J connectivity index is 1.30. The highest BCUT2D eigenvalue weighted by Crippen LogP contribution is 2.29. The van der Waals surface area contributed by atoms with Crippen LogP contribution in [0.1, 0.15) is 6.92 Å². The molecule has 4 rings (SSSR count). The van der Waals surface area contributed by atoms with Crippen molar-refractivity contribution in [3.8, 4) is 0 Å². The summed E-state index contributed by atoms with van der Waals surface area (Å²) in [6.45, 7) is 4.25. The van der Waals surface area contributed by atoms with E-state index in [1.807, 2.05) is 12.1 Å². The quantitative estimate of drug-likeness (QED) is 0.690. The molecule has 1 saturated heterocycles. The highest BCUT2D eigenvalue weighted by molar-refractivity contribution is 7.13. The van der Waals surface area contributed by atoms with E-state index < -0.39 is 6.04 Å². The summed E-state index contributed by atoms with van der Waals surface area (Å²) >= 11 is 1.49. The zero-order valence-corrected chi connectivity index (χ0v) is 16.9. The second-order valence-corrected chi connectivity index (χ2v) is 7.68. The number of aromatic nitrogens is 2. The van der Waals surface area contributed by atoms with E-state index in [9.17, 15) is 9.59 Å². The molecule has 2 aromatic heterocycles. The number of hydrogen-bond donors (Lipinski definition) is 2. The molecule has 29 heavy (non-hydrogen) atoms. The van der Waals surface area contributed by atoms with E-state index in [-0.39, 0.29) is 11.9 Å². The molecule has 0 bridgehead atoms. The molecule has 1 atom stereocenters. The topological polar surface area (TPSA) is 90.5 Å². The van der Waals surface area contributed by atoms with Crippen molar-refractivity contribution < 1.29 is 9.59 Å². The second kappa shape index (κ2) is 8.44. The van der Waals surface area contributed by atoms with Crippen molar-refractivity contribution >= 4 is 45.1 Å². The average Bonchev–Trinajstić information content (AvgIpc) is 3.18. The summed E-state index contributed by atoms with van der Waals surface area (Å²) in [5, 5.41) is 6.69. The lowest BCUT2D eigenvalue weighted by molar-refractivity contribution is -0.117. The van der Waals surface area contributed by atoms with Crippen LogP contribution in [-0.2, 0) is 4.79 Å². The second-order valence-electron chi connectivity index (χ2n) is 6.87. The molecule has 8 nitrogen and oxygen atoms in total. The van der Waals surface area contributed by atoms with Gasteiger partial charge in [-0.05, 0) is 42.7 Å². The molecule has 0 aliphatic carbocycles. The Morgan fingerprint density at radius 1 is 1.07 bits per heavy atom. The molecular weight excluding hydrogens is 388 g/mol. The van der Waals surface area contributed by atoms with E-state index in [0.29, 0.717) is 31.9 Å². The Morgan fingerprint density at radius 3 is 2.55 bits per heavy atom. The number of nitrogens with zero attached hydrogens (tertiary/aromatic N) is 4. The number of amides is 3. The Morgan fingerprint density at radius 2 is 1.79 bits per heavy atom. The summed E-state index contributed by atoms with van der Waals surface area (Å²) in [4.78, 5) is 32.7. The van der Waals surface area contributed by atoms with Gasteiger partial charge in [0.1, 0.15) is 11.9 Å². The van der Waals surface area contributed by atoms with Crippen LogP contribution in [0.5, 0.6) is 0 Å². The van der Waals surface area contributed by atoms with Gasteiger partial charge >= 0.3 is 6.03 Å². The van der Waals surface area contributed by atoms with Crippen LogP contribution in [0.25, 0.3) is 10.1 Å². The van der Waals surface area contributed by atoms with Crippen molar-refractivity contribution in [1.29, 1.82) is 0 Å². The molecular formula is C20H22N6O2S. The summed E-state index contributed by atoms with van der Waals surface area (Å²) in [7, 11) is 0. The number of benzene rings is 1. The molecule has 1 aromatic carbocycles. The van der Waals surface area contributed by atoms with Crippen LogP contribution in [0.4, 0.5) is 16.3 Å². The lowest BCUT2D eigenvalue weighted by Gasteiger charge is -2.35. The number of pyridine rings is 1. The first-order valence-electron chi connectivity index (χ1n) is 9.47. The lowest BCUT2D eigenvalue weighted by atomic mass is 10.2. The summed E-state index contributed by atoms with van der Waals surface area (Å²) in [6.07, 6.45) is 3.20. The number of nitrogens with one attached hydrogen (secondary N) is 2. The van der Waals surface area contributed by atoms with Gasteiger partial charge in [-0.1, -0.05) is 12.1 Å². The summed E-state index contributed by atoms with van der Waals surface area (Å²) in [5.74, 6) is 0.716. The van der Waals surface area contributed by atoms with Gasteiger partial charge in [0.25, 0.3) is 0 Å². The minimum Gasteiger partial charge on any atom is -0.352 e. The van der Waals surface area contributed by atoms with Gasteiger partial charge in [-0.2, -0.15) is 4.37 Å². The predicted molar refractivity (Wildman–Crippen MR) is 114 cm³/mol. The first kappa shape index (κ1) is 19.1. The van der Waals surface area contributed by atoms with E-state index in [1.165, 1.54) is 11.5 Å². The number of carbonyl (C=O) groups is 2. The molecule has 0 unspecified atom stereocenters. The smallest absolute Gasteiger partial charge is 0.318 e. The van der Waals surface area contributed by atoms with E-state index in [0.717, 1.165) is 15.9 Å². The number of rotatable bonds is 4. The van der Waals surface area contributed by atoms with Gasteiger partial charge in [-0.15, -0.1) is 0 Å². The van der Waals surface area contributed by atoms with Crippen molar-refractivity contribution in [3.63, 3.8) is 0 Å². The number of anilines is 2. The fraction of sp³-hybridized carbons (Fsp3) is 0.300. The molecule has 0 saturated carbocycles. The molecule has 3 amide bonds. The Hall–Kier alpha value is -3.20. The Kier molecular flexibility index (Phi) is 5.57. The number of piperazine rings is 1. The molecule has 3 aromatic rings. The van der Waals surface area contributed by atoms with Gasteiger partial charge < -0.3 is 20.4 Å².